The summed E-state index contributed by atoms with van der Waals surface area (Å²) in [6.45, 7) is 3.82. The highest BCUT2D eigenvalue weighted by Crippen LogP contribution is 2.30. The highest BCUT2D eigenvalue weighted by molar-refractivity contribution is 9.10. The minimum atomic E-state index is -0.496. The lowest BCUT2D eigenvalue weighted by atomic mass is 10.3. The van der Waals surface area contributed by atoms with Crippen LogP contribution >= 0.6 is 27.5 Å². The fourth-order valence-corrected chi connectivity index (χ4v) is 1.52. The first kappa shape index (κ1) is 10.5. The van der Waals surface area contributed by atoms with Crippen LogP contribution in [0.2, 0.25) is 5.02 Å². The zero-order valence-corrected chi connectivity index (χ0v) is 9.03. The van der Waals surface area contributed by atoms with Gasteiger partial charge < -0.3 is 4.74 Å². The minimum Gasteiger partial charge on any atom is -0.488 e. The molecule has 0 aliphatic heterocycles. The van der Waals surface area contributed by atoms with Gasteiger partial charge in [0.05, 0.1) is 9.50 Å². The Bertz CT molecular complexity index is 328. The predicted octanol–water partition coefficient (Wildman–Crippen LogP) is 3.81. The van der Waals surface area contributed by atoms with Crippen LogP contribution in [0.15, 0.2) is 29.3 Å². The van der Waals surface area contributed by atoms with E-state index in [4.69, 9.17) is 16.3 Å². The molecule has 0 heterocycles. The van der Waals surface area contributed by atoms with Crippen LogP contribution in [0.1, 0.15) is 0 Å². The number of hydrogen-bond acceptors (Lipinski definition) is 1. The van der Waals surface area contributed by atoms with E-state index in [0.717, 1.165) is 0 Å². The second-order valence-electron chi connectivity index (χ2n) is 2.30. The van der Waals surface area contributed by atoms with Crippen molar-refractivity contribution in [2.24, 2.45) is 0 Å². The van der Waals surface area contributed by atoms with Crippen molar-refractivity contribution in [2.75, 3.05) is 6.61 Å². The van der Waals surface area contributed by atoms with Crippen LogP contribution in [0.25, 0.3) is 0 Å². The van der Waals surface area contributed by atoms with Crippen molar-refractivity contribution in [3.63, 3.8) is 0 Å². The maximum atomic E-state index is 12.9. The second-order valence-corrected chi connectivity index (χ2v) is 3.56. The molecule has 0 unspecified atom stereocenters. The van der Waals surface area contributed by atoms with Crippen molar-refractivity contribution in [3.8, 4) is 5.75 Å². The van der Waals surface area contributed by atoms with Crippen molar-refractivity contribution in [3.05, 3.63) is 40.1 Å². The lowest BCUT2D eigenvalue weighted by Crippen LogP contribution is -1.94. The van der Waals surface area contributed by atoms with E-state index in [-0.39, 0.29) is 5.02 Å². The third-order valence-corrected chi connectivity index (χ3v) is 2.24. The van der Waals surface area contributed by atoms with Crippen LogP contribution in [0.4, 0.5) is 4.39 Å². The van der Waals surface area contributed by atoms with E-state index in [1.54, 1.807) is 6.08 Å². The second kappa shape index (κ2) is 4.63. The largest absolute Gasteiger partial charge is 0.488 e. The van der Waals surface area contributed by atoms with Gasteiger partial charge in [0.15, 0.2) is 0 Å². The summed E-state index contributed by atoms with van der Waals surface area (Å²) >= 11 is 8.74. The molecule has 1 rings (SSSR count). The maximum Gasteiger partial charge on any atom is 0.145 e. The highest BCUT2D eigenvalue weighted by atomic mass is 79.9. The summed E-state index contributed by atoms with van der Waals surface area (Å²) in [6, 6.07) is 2.69. The van der Waals surface area contributed by atoms with Crippen molar-refractivity contribution in [1.29, 1.82) is 0 Å². The van der Waals surface area contributed by atoms with Gasteiger partial charge >= 0.3 is 0 Å². The first-order valence-electron chi connectivity index (χ1n) is 3.53. The number of ether oxygens (including phenoxy) is 1. The summed E-state index contributed by atoms with van der Waals surface area (Å²) < 4.78 is 18.7. The molecule has 0 aliphatic carbocycles. The molecular formula is C9H7BrClFO. The smallest absolute Gasteiger partial charge is 0.145 e. The van der Waals surface area contributed by atoms with E-state index in [2.05, 4.69) is 22.5 Å². The Morgan fingerprint density at radius 3 is 2.92 bits per heavy atom. The van der Waals surface area contributed by atoms with E-state index in [9.17, 15) is 4.39 Å². The van der Waals surface area contributed by atoms with Crippen molar-refractivity contribution in [1.82, 2.24) is 0 Å². The lowest BCUT2D eigenvalue weighted by molar-refractivity contribution is 0.358. The summed E-state index contributed by atoms with van der Waals surface area (Å²) in [7, 11) is 0. The van der Waals surface area contributed by atoms with Crippen LogP contribution in [0.5, 0.6) is 5.75 Å². The van der Waals surface area contributed by atoms with E-state index in [1.165, 1.54) is 12.1 Å². The molecule has 0 N–H and O–H groups in total. The predicted molar refractivity (Wildman–Crippen MR) is 54.8 cm³/mol. The Hall–Kier alpha value is -0.540. The van der Waals surface area contributed by atoms with Gasteiger partial charge in [0, 0.05) is 6.07 Å². The van der Waals surface area contributed by atoms with Crippen molar-refractivity contribution in [2.45, 2.75) is 0 Å². The summed E-state index contributed by atoms with van der Waals surface area (Å²) in [5.74, 6) is -0.0780. The normalized spacial score (nSPS) is 9.77. The van der Waals surface area contributed by atoms with Crippen molar-refractivity contribution >= 4 is 27.5 Å². The number of hydrogen-bond donors (Lipinski definition) is 0. The van der Waals surface area contributed by atoms with Gasteiger partial charge in [-0.25, -0.2) is 4.39 Å². The molecule has 13 heavy (non-hydrogen) atoms. The Labute approximate surface area is 89.3 Å². The lowest BCUT2D eigenvalue weighted by Gasteiger charge is -2.06. The quantitative estimate of drug-likeness (QED) is 0.596. The third-order valence-electron chi connectivity index (χ3n) is 1.33. The van der Waals surface area contributed by atoms with Crippen LogP contribution in [-0.4, -0.2) is 6.61 Å². The van der Waals surface area contributed by atoms with Gasteiger partial charge in [-0.15, -0.1) is 0 Å². The molecule has 0 bridgehead atoms. The van der Waals surface area contributed by atoms with Crippen LogP contribution in [0, 0.1) is 5.82 Å². The molecule has 1 aromatic carbocycles. The molecule has 0 spiro atoms. The van der Waals surface area contributed by atoms with Gasteiger partial charge in [0.2, 0.25) is 0 Å². The minimum absolute atomic E-state index is 0.0674. The van der Waals surface area contributed by atoms with Gasteiger partial charge in [-0.3, -0.25) is 0 Å². The zero-order chi connectivity index (χ0) is 9.84. The van der Waals surface area contributed by atoms with E-state index >= 15 is 0 Å². The summed E-state index contributed by atoms with van der Waals surface area (Å²) in [5.41, 5.74) is 0. The monoisotopic (exact) mass is 264 g/mol. The summed E-state index contributed by atoms with van der Waals surface area (Å²) in [4.78, 5) is 0. The third kappa shape index (κ3) is 2.71. The number of benzene rings is 1. The Kier molecular flexibility index (Phi) is 3.75. The molecule has 0 amide bonds. The molecule has 4 heteroatoms. The first-order chi connectivity index (χ1) is 6.15. The van der Waals surface area contributed by atoms with Gasteiger partial charge in [-0.05, 0) is 22.0 Å². The molecule has 0 radical (unpaired) electrons. The van der Waals surface area contributed by atoms with Crippen LogP contribution < -0.4 is 4.74 Å². The molecular weight excluding hydrogens is 258 g/mol. The Balaban J connectivity index is 2.94. The fourth-order valence-electron chi connectivity index (χ4n) is 0.764. The summed E-state index contributed by atoms with van der Waals surface area (Å²) in [6.07, 6.45) is 1.58. The average Bonchev–Trinajstić information content (AvgIpc) is 2.09. The first-order valence-corrected chi connectivity index (χ1v) is 4.70. The highest BCUT2D eigenvalue weighted by Gasteiger charge is 2.06. The van der Waals surface area contributed by atoms with Gasteiger partial charge in [-0.2, -0.15) is 0 Å². The molecule has 70 valence electrons. The average molecular weight is 266 g/mol. The molecule has 0 fully saturated rings. The molecule has 0 saturated heterocycles. The number of halogens is 3. The fraction of sp³-hybridized carbons (Fsp3) is 0.111. The molecule has 1 nitrogen and oxygen atoms in total. The summed E-state index contributed by atoms with van der Waals surface area (Å²) in [5, 5.41) is 0.0674. The van der Waals surface area contributed by atoms with Gasteiger partial charge in [0.1, 0.15) is 18.2 Å². The molecule has 0 saturated carbocycles. The SMILES string of the molecule is C=CCOc1cc(F)c(Cl)cc1Br. The van der Waals surface area contributed by atoms with Crippen molar-refractivity contribution < 1.29 is 9.13 Å². The van der Waals surface area contributed by atoms with E-state index in [1.807, 2.05) is 0 Å². The van der Waals surface area contributed by atoms with E-state index in [0.29, 0.717) is 16.8 Å². The topological polar surface area (TPSA) is 9.23 Å². The molecule has 1 aromatic rings. The Morgan fingerprint density at radius 1 is 1.62 bits per heavy atom. The van der Waals surface area contributed by atoms with Crippen LogP contribution in [0.3, 0.4) is 0 Å². The van der Waals surface area contributed by atoms with Gasteiger partial charge in [0.25, 0.3) is 0 Å². The molecule has 0 aliphatic rings. The maximum absolute atomic E-state index is 12.9. The Morgan fingerprint density at radius 2 is 2.31 bits per heavy atom. The van der Waals surface area contributed by atoms with E-state index < -0.39 is 5.82 Å². The van der Waals surface area contributed by atoms with Crippen LogP contribution in [-0.2, 0) is 0 Å². The molecule has 0 atom stereocenters. The molecule has 0 aromatic heterocycles. The zero-order valence-electron chi connectivity index (χ0n) is 6.69. The van der Waals surface area contributed by atoms with Gasteiger partial charge in [-0.1, -0.05) is 24.3 Å². The number of rotatable bonds is 3. The standard InChI is InChI=1S/C9H7BrClFO/c1-2-3-13-9-5-8(12)7(11)4-6(9)10/h2,4-5H,1,3H2.